The van der Waals surface area contributed by atoms with Gasteiger partial charge in [0.2, 0.25) is 0 Å². The Morgan fingerprint density at radius 2 is 1.35 bits per heavy atom. The van der Waals surface area contributed by atoms with Crippen molar-refractivity contribution in [3.63, 3.8) is 0 Å². The number of urea groups is 1. The molecule has 43 heavy (non-hydrogen) atoms. The monoisotopic (exact) mass is 579 g/mol. The van der Waals surface area contributed by atoms with Crippen molar-refractivity contribution in [2.75, 3.05) is 60.8 Å². The van der Waals surface area contributed by atoms with Gasteiger partial charge in [0.1, 0.15) is 11.5 Å². The van der Waals surface area contributed by atoms with Crippen LogP contribution in [-0.2, 0) is 0 Å². The van der Waals surface area contributed by atoms with Crippen LogP contribution in [0.5, 0.6) is 11.5 Å². The van der Waals surface area contributed by atoms with Gasteiger partial charge in [-0.15, -0.1) is 0 Å². The highest BCUT2D eigenvalue weighted by atomic mass is 16.5. The second-order valence-corrected chi connectivity index (χ2v) is 10.3. The Kier molecular flexibility index (Phi) is 9.31. The molecule has 1 heterocycles. The van der Waals surface area contributed by atoms with E-state index in [0.29, 0.717) is 22.7 Å². The van der Waals surface area contributed by atoms with Gasteiger partial charge < -0.3 is 35.2 Å². The van der Waals surface area contributed by atoms with E-state index in [1.807, 2.05) is 67.6 Å². The van der Waals surface area contributed by atoms with Crippen molar-refractivity contribution in [2.45, 2.75) is 13.0 Å². The Hall–Kier alpha value is -5.18. The van der Waals surface area contributed by atoms with Crippen LogP contribution in [0.4, 0.5) is 27.5 Å². The number of carbonyl (C=O) groups excluding carboxylic acids is 2. The van der Waals surface area contributed by atoms with Crippen molar-refractivity contribution in [2.24, 2.45) is 0 Å². The van der Waals surface area contributed by atoms with Crippen LogP contribution in [-0.4, -0.2) is 52.3 Å². The SMILES string of the molecule is COc1cccc(NC(=O)Nc2ccc(N3CCN(c4ccccc4OC)CC3)c(C(=O)NC(C)c3ccccc3)c2)c1. The highest BCUT2D eigenvalue weighted by molar-refractivity contribution is 6.04. The first-order valence-electron chi connectivity index (χ1n) is 14.3. The summed E-state index contributed by atoms with van der Waals surface area (Å²) in [6.45, 7) is 4.93. The maximum absolute atomic E-state index is 13.8. The van der Waals surface area contributed by atoms with Crippen LogP contribution < -0.4 is 35.2 Å². The molecule has 1 atom stereocenters. The molecule has 1 fully saturated rings. The van der Waals surface area contributed by atoms with E-state index < -0.39 is 6.03 Å². The molecule has 0 bridgehead atoms. The Morgan fingerprint density at radius 1 is 0.698 bits per heavy atom. The van der Waals surface area contributed by atoms with E-state index in [1.54, 1.807) is 44.6 Å². The average molecular weight is 580 g/mol. The third-order valence-electron chi connectivity index (χ3n) is 7.52. The first-order valence-corrected chi connectivity index (χ1v) is 14.3. The number of nitrogens with zero attached hydrogens (tertiary/aromatic N) is 2. The van der Waals surface area contributed by atoms with Crippen LogP contribution in [0.2, 0.25) is 0 Å². The second kappa shape index (κ2) is 13.7. The van der Waals surface area contributed by atoms with Crippen LogP contribution in [0, 0.1) is 0 Å². The van der Waals surface area contributed by atoms with Gasteiger partial charge in [-0.05, 0) is 55.0 Å². The number of piperazine rings is 1. The minimum atomic E-state index is -0.421. The summed E-state index contributed by atoms with van der Waals surface area (Å²) in [5.41, 5.74) is 4.48. The van der Waals surface area contributed by atoms with E-state index >= 15 is 0 Å². The normalized spacial score (nSPS) is 13.6. The summed E-state index contributed by atoms with van der Waals surface area (Å²) in [7, 11) is 3.26. The quantitative estimate of drug-likeness (QED) is 0.220. The molecule has 0 radical (unpaired) electrons. The molecule has 9 nitrogen and oxygen atoms in total. The molecule has 222 valence electrons. The lowest BCUT2D eigenvalue weighted by molar-refractivity contribution is 0.0940. The van der Waals surface area contributed by atoms with Crippen LogP contribution in [0.15, 0.2) is 97.1 Å². The molecule has 0 spiro atoms. The lowest BCUT2D eigenvalue weighted by atomic mass is 10.1. The summed E-state index contributed by atoms with van der Waals surface area (Å²) < 4.78 is 10.8. The number of carbonyl (C=O) groups is 2. The third kappa shape index (κ3) is 7.19. The first-order chi connectivity index (χ1) is 20.9. The van der Waals surface area contributed by atoms with Crippen molar-refractivity contribution in [1.29, 1.82) is 0 Å². The lowest BCUT2D eigenvalue weighted by Gasteiger charge is -2.38. The summed E-state index contributed by atoms with van der Waals surface area (Å²) in [6.07, 6.45) is 0. The number of amides is 3. The zero-order valence-electron chi connectivity index (χ0n) is 24.7. The zero-order chi connectivity index (χ0) is 30.2. The lowest BCUT2D eigenvalue weighted by Crippen LogP contribution is -2.47. The van der Waals surface area contributed by atoms with E-state index in [-0.39, 0.29) is 11.9 Å². The van der Waals surface area contributed by atoms with E-state index in [0.717, 1.165) is 48.9 Å². The molecule has 3 N–H and O–H groups in total. The summed E-state index contributed by atoms with van der Waals surface area (Å²) >= 11 is 0. The number of nitrogens with one attached hydrogen (secondary N) is 3. The number of rotatable bonds is 9. The minimum absolute atomic E-state index is 0.197. The summed E-state index contributed by atoms with van der Waals surface area (Å²) in [4.78, 5) is 31.1. The summed E-state index contributed by atoms with van der Waals surface area (Å²) in [6, 6.07) is 29.8. The third-order valence-corrected chi connectivity index (χ3v) is 7.52. The molecule has 1 saturated heterocycles. The van der Waals surface area contributed by atoms with E-state index in [4.69, 9.17) is 9.47 Å². The number of ether oxygens (including phenoxy) is 2. The molecule has 0 aliphatic carbocycles. The van der Waals surface area contributed by atoms with Crippen molar-refractivity contribution in [3.05, 3.63) is 108 Å². The van der Waals surface area contributed by atoms with Crippen molar-refractivity contribution >= 4 is 34.7 Å². The number of para-hydroxylation sites is 2. The average Bonchev–Trinajstić information content (AvgIpc) is 3.05. The van der Waals surface area contributed by atoms with Gasteiger partial charge in [-0.1, -0.05) is 48.5 Å². The van der Waals surface area contributed by atoms with Gasteiger partial charge >= 0.3 is 6.03 Å². The van der Waals surface area contributed by atoms with Gasteiger partial charge in [0.05, 0.1) is 31.5 Å². The van der Waals surface area contributed by atoms with Crippen molar-refractivity contribution in [1.82, 2.24) is 5.32 Å². The van der Waals surface area contributed by atoms with Crippen molar-refractivity contribution < 1.29 is 19.1 Å². The fourth-order valence-electron chi connectivity index (χ4n) is 5.24. The largest absolute Gasteiger partial charge is 0.497 e. The standard InChI is InChI=1S/C34H37N5O4/c1-24(25-10-5-4-6-11-25)35-33(40)29-23-27(37-34(41)36-26-12-9-13-28(22-26)42-2)16-17-30(29)38-18-20-39(21-19-38)31-14-7-8-15-32(31)43-3/h4-17,22-24H,18-21H2,1-3H3,(H,35,40)(H2,36,37,41). The molecule has 1 aliphatic rings. The minimum Gasteiger partial charge on any atom is -0.497 e. The topological polar surface area (TPSA) is 95.2 Å². The molecular formula is C34H37N5O4. The molecule has 0 aromatic heterocycles. The molecule has 4 aromatic carbocycles. The van der Waals surface area contributed by atoms with Crippen LogP contribution in [0.25, 0.3) is 0 Å². The molecule has 0 saturated carbocycles. The fraction of sp³-hybridized carbons (Fsp3) is 0.235. The van der Waals surface area contributed by atoms with Gasteiger partial charge in [0, 0.05) is 49.3 Å². The molecule has 1 unspecified atom stereocenters. The van der Waals surface area contributed by atoms with Crippen LogP contribution in [0.1, 0.15) is 28.9 Å². The smallest absolute Gasteiger partial charge is 0.323 e. The maximum atomic E-state index is 13.8. The molecular weight excluding hydrogens is 542 g/mol. The van der Waals surface area contributed by atoms with Crippen LogP contribution >= 0.6 is 0 Å². The first kappa shape index (κ1) is 29.3. The van der Waals surface area contributed by atoms with E-state index in [2.05, 4.69) is 31.8 Å². The van der Waals surface area contributed by atoms with Gasteiger partial charge in [-0.3, -0.25) is 4.79 Å². The molecule has 5 rings (SSSR count). The number of methoxy groups -OCH3 is 2. The Balaban J connectivity index is 1.36. The molecule has 9 heteroatoms. The second-order valence-electron chi connectivity index (χ2n) is 10.3. The van der Waals surface area contributed by atoms with Gasteiger partial charge in [-0.2, -0.15) is 0 Å². The van der Waals surface area contributed by atoms with Crippen LogP contribution in [0.3, 0.4) is 0 Å². The summed E-state index contributed by atoms with van der Waals surface area (Å²) in [5, 5.41) is 8.83. The number of benzene rings is 4. The van der Waals surface area contributed by atoms with Gasteiger partial charge in [-0.25, -0.2) is 4.79 Å². The molecule has 3 amide bonds. The number of anilines is 4. The Bertz CT molecular complexity index is 1550. The number of hydrogen-bond donors (Lipinski definition) is 3. The van der Waals surface area contributed by atoms with Gasteiger partial charge in [0.15, 0.2) is 0 Å². The highest BCUT2D eigenvalue weighted by Crippen LogP contribution is 2.31. The molecule has 1 aliphatic heterocycles. The van der Waals surface area contributed by atoms with E-state index in [1.165, 1.54) is 0 Å². The van der Waals surface area contributed by atoms with E-state index in [9.17, 15) is 9.59 Å². The predicted octanol–water partition coefficient (Wildman–Crippen LogP) is 6.17. The maximum Gasteiger partial charge on any atom is 0.323 e. The highest BCUT2D eigenvalue weighted by Gasteiger charge is 2.24. The molecule has 4 aromatic rings. The Morgan fingerprint density at radius 3 is 2.05 bits per heavy atom. The van der Waals surface area contributed by atoms with Gasteiger partial charge in [0.25, 0.3) is 5.91 Å². The zero-order valence-corrected chi connectivity index (χ0v) is 24.7. The summed E-state index contributed by atoms with van der Waals surface area (Å²) in [5.74, 6) is 1.27. The number of hydrogen-bond acceptors (Lipinski definition) is 6. The Labute approximate surface area is 252 Å². The van der Waals surface area contributed by atoms with Crippen molar-refractivity contribution in [3.8, 4) is 11.5 Å². The predicted molar refractivity (Wildman–Crippen MR) is 172 cm³/mol. The fourth-order valence-corrected chi connectivity index (χ4v) is 5.24.